The maximum absolute atomic E-state index is 12.2. The van der Waals surface area contributed by atoms with Gasteiger partial charge in [-0.2, -0.15) is 10.4 Å². The van der Waals surface area contributed by atoms with E-state index >= 15 is 0 Å². The molecule has 0 aliphatic carbocycles. The molecule has 2 rings (SSSR count). The Morgan fingerprint density at radius 2 is 2.25 bits per heavy atom. The average Bonchev–Trinajstić information content (AvgIpc) is 2.92. The van der Waals surface area contributed by atoms with Crippen molar-refractivity contribution in [2.45, 2.75) is 18.4 Å². The number of aryl methyl sites for hydroxylation is 1. The molecule has 0 aliphatic heterocycles. The van der Waals surface area contributed by atoms with E-state index < -0.39 is 10.0 Å². The van der Waals surface area contributed by atoms with Gasteiger partial charge in [-0.1, -0.05) is 6.07 Å². The third kappa shape index (κ3) is 3.23. The molecule has 7 heteroatoms. The van der Waals surface area contributed by atoms with Gasteiger partial charge in [0.05, 0.1) is 23.1 Å². The molecule has 0 atom stereocenters. The highest BCUT2D eigenvalue weighted by atomic mass is 32.2. The van der Waals surface area contributed by atoms with E-state index in [0.29, 0.717) is 17.7 Å². The van der Waals surface area contributed by atoms with Crippen LogP contribution in [0.15, 0.2) is 41.6 Å². The van der Waals surface area contributed by atoms with Crippen LogP contribution in [0, 0.1) is 18.3 Å². The highest BCUT2D eigenvalue weighted by Crippen LogP contribution is 2.16. The van der Waals surface area contributed by atoms with Crippen molar-refractivity contribution in [3.8, 4) is 6.07 Å². The van der Waals surface area contributed by atoms with Crippen LogP contribution >= 0.6 is 0 Å². The van der Waals surface area contributed by atoms with Gasteiger partial charge in [-0.25, -0.2) is 13.1 Å². The van der Waals surface area contributed by atoms with Crippen molar-refractivity contribution in [2.24, 2.45) is 0 Å². The average molecular weight is 290 g/mol. The normalized spacial score (nSPS) is 11.2. The fourth-order valence-corrected chi connectivity index (χ4v) is 3.05. The topological polar surface area (TPSA) is 87.8 Å². The van der Waals surface area contributed by atoms with E-state index in [1.165, 1.54) is 6.07 Å². The molecule has 1 heterocycles. The first kappa shape index (κ1) is 14.2. The molecule has 20 heavy (non-hydrogen) atoms. The number of aromatic nitrogens is 2. The predicted octanol–water partition coefficient (Wildman–Crippen LogP) is 1.04. The molecule has 0 bridgehead atoms. The Balaban J connectivity index is 2.12. The van der Waals surface area contributed by atoms with Crippen LogP contribution in [0.1, 0.15) is 11.1 Å². The molecule has 0 aliphatic rings. The maximum Gasteiger partial charge on any atom is 0.240 e. The van der Waals surface area contributed by atoms with E-state index in [-0.39, 0.29) is 11.4 Å². The molecule has 1 aromatic heterocycles. The summed E-state index contributed by atoms with van der Waals surface area (Å²) in [5.74, 6) is 0. The van der Waals surface area contributed by atoms with E-state index in [1.54, 1.807) is 42.2 Å². The number of benzene rings is 1. The molecule has 0 saturated carbocycles. The molecule has 0 saturated heterocycles. The number of sulfonamides is 1. The zero-order chi connectivity index (χ0) is 14.6. The second-order valence-electron chi connectivity index (χ2n) is 4.26. The molecule has 0 amide bonds. The Morgan fingerprint density at radius 3 is 2.90 bits per heavy atom. The number of nitrogens with zero attached hydrogens (tertiary/aromatic N) is 3. The van der Waals surface area contributed by atoms with Crippen LogP contribution in [0.3, 0.4) is 0 Å². The molecule has 6 nitrogen and oxygen atoms in total. The fraction of sp³-hybridized carbons (Fsp3) is 0.231. The minimum Gasteiger partial charge on any atom is -0.271 e. The van der Waals surface area contributed by atoms with Crippen LogP contribution in [0.25, 0.3) is 0 Å². The summed E-state index contributed by atoms with van der Waals surface area (Å²) in [6.07, 6.45) is 3.39. The van der Waals surface area contributed by atoms with Crippen LogP contribution < -0.4 is 4.72 Å². The molecule has 0 unspecified atom stereocenters. The Hall–Kier alpha value is -2.17. The van der Waals surface area contributed by atoms with Crippen molar-refractivity contribution in [2.75, 3.05) is 6.54 Å². The van der Waals surface area contributed by atoms with Crippen LogP contribution in [0.2, 0.25) is 0 Å². The lowest BCUT2D eigenvalue weighted by Gasteiger charge is -2.09. The number of hydrogen-bond donors (Lipinski definition) is 1. The second-order valence-corrected chi connectivity index (χ2v) is 5.99. The van der Waals surface area contributed by atoms with Gasteiger partial charge in [-0.05, 0) is 30.7 Å². The SMILES string of the molecule is Cc1ccc(C#N)cc1S(=O)(=O)NCCn1cccn1. The van der Waals surface area contributed by atoms with Gasteiger partial charge in [-0.3, -0.25) is 4.68 Å². The molecule has 0 spiro atoms. The number of nitriles is 1. The minimum absolute atomic E-state index is 0.136. The van der Waals surface area contributed by atoms with Gasteiger partial charge in [0.2, 0.25) is 10.0 Å². The Morgan fingerprint density at radius 1 is 1.45 bits per heavy atom. The molecule has 0 fully saturated rings. The summed E-state index contributed by atoms with van der Waals surface area (Å²) in [6, 6.07) is 8.31. The predicted molar refractivity (Wildman–Crippen MR) is 73.3 cm³/mol. The third-order valence-corrected chi connectivity index (χ3v) is 4.40. The summed E-state index contributed by atoms with van der Waals surface area (Å²) in [6.45, 7) is 2.38. The van der Waals surface area contributed by atoms with Crippen LogP contribution in [-0.2, 0) is 16.6 Å². The zero-order valence-corrected chi connectivity index (χ0v) is 11.8. The van der Waals surface area contributed by atoms with Gasteiger partial charge < -0.3 is 0 Å². The van der Waals surface area contributed by atoms with E-state index in [0.717, 1.165) is 0 Å². The first-order chi connectivity index (χ1) is 9.53. The van der Waals surface area contributed by atoms with E-state index in [4.69, 9.17) is 5.26 Å². The monoisotopic (exact) mass is 290 g/mol. The second kappa shape index (κ2) is 5.86. The summed E-state index contributed by atoms with van der Waals surface area (Å²) in [5, 5.41) is 12.8. The van der Waals surface area contributed by atoms with E-state index in [2.05, 4.69) is 9.82 Å². The van der Waals surface area contributed by atoms with Crippen LogP contribution in [0.4, 0.5) is 0 Å². The summed E-state index contributed by atoms with van der Waals surface area (Å²) >= 11 is 0. The number of nitrogens with one attached hydrogen (secondary N) is 1. The minimum atomic E-state index is -3.62. The molecule has 1 N–H and O–H groups in total. The smallest absolute Gasteiger partial charge is 0.240 e. The first-order valence-corrected chi connectivity index (χ1v) is 7.49. The van der Waals surface area contributed by atoms with E-state index in [1.807, 2.05) is 6.07 Å². The summed E-state index contributed by atoms with van der Waals surface area (Å²) in [4.78, 5) is 0.136. The Bertz CT molecular complexity index is 730. The Kier molecular flexibility index (Phi) is 4.17. The lowest BCUT2D eigenvalue weighted by Crippen LogP contribution is -2.28. The quantitative estimate of drug-likeness (QED) is 0.891. The summed E-state index contributed by atoms with van der Waals surface area (Å²) in [7, 11) is -3.62. The van der Waals surface area contributed by atoms with Gasteiger partial charge in [0.1, 0.15) is 0 Å². The lowest BCUT2D eigenvalue weighted by atomic mass is 10.2. The van der Waals surface area contributed by atoms with Gasteiger partial charge in [-0.15, -0.1) is 0 Å². The first-order valence-electron chi connectivity index (χ1n) is 6.01. The van der Waals surface area contributed by atoms with Crippen molar-refractivity contribution in [3.05, 3.63) is 47.8 Å². The van der Waals surface area contributed by atoms with Crippen molar-refractivity contribution in [1.29, 1.82) is 5.26 Å². The largest absolute Gasteiger partial charge is 0.271 e. The standard InChI is InChI=1S/C13H14N4O2S/c1-11-3-4-12(10-14)9-13(11)20(18,19)16-6-8-17-7-2-5-15-17/h2-5,7,9,16H,6,8H2,1H3. The van der Waals surface area contributed by atoms with Crippen molar-refractivity contribution >= 4 is 10.0 Å². The maximum atomic E-state index is 12.2. The highest BCUT2D eigenvalue weighted by Gasteiger charge is 2.16. The summed E-state index contributed by atoms with van der Waals surface area (Å²) < 4.78 is 28.5. The number of rotatable bonds is 5. The Labute approximate surface area is 117 Å². The van der Waals surface area contributed by atoms with Gasteiger partial charge in [0.15, 0.2) is 0 Å². The van der Waals surface area contributed by atoms with Gasteiger partial charge >= 0.3 is 0 Å². The van der Waals surface area contributed by atoms with Crippen molar-refractivity contribution in [3.63, 3.8) is 0 Å². The molecular formula is C13H14N4O2S. The van der Waals surface area contributed by atoms with Gasteiger partial charge in [0, 0.05) is 18.9 Å². The van der Waals surface area contributed by atoms with E-state index in [9.17, 15) is 8.42 Å². The van der Waals surface area contributed by atoms with Crippen molar-refractivity contribution < 1.29 is 8.42 Å². The number of hydrogen-bond acceptors (Lipinski definition) is 4. The molecular weight excluding hydrogens is 276 g/mol. The molecule has 1 aromatic carbocycles. The van der Waals surface area contributed by atoms with Gasteiger partial charge in [0.25, 0.3) is 0 Å². The highest BCUT2D eigenvalue weighted by molar-refractivity contribution is 7.89. The fourth-order valence-electron chi connectivity index (χ4n) is 1.76. The molecule has 2 aromatic rings. The third-order valence-electron chi connectivity index (χ3n) is 2.80. The molecule has 104 valence electrons. The van der Waals surface area contributed by atoms with Crippen LogP contribution in [-0.4, -0.2) is 24.7 Å². The van der Waals surface area contributed by atoms with Crippen LogP contribution in [0.5, 0.6) is 0 Å². The summed E-state index contributed by atoms with van der Waals surface area (Å²) in [5.41, 5.74) is 0.929. The zero-order valence-electron chi connectivity index (χ0n) is 10.9. The lowest BCUT2D eigenvalue weighted by molar-refractivity contribution is 0.560. The molecule has 0 radical (unpaired) electrons. The van der Waals surface area contributed by atoms with Crippen molar-refractivity contribution in [1.82, 2.24) is 14.5 Å².